The largest absolute Gasteiger partial charge is 0.393 e. The predicted octanol–water partition coefficient (Wildman–Crippen LogP) is 3.14. The molecule has 1 heterocycles. The zero-order chi connectivity index (χ0) is 17.6. The number of nitrogen functional groups attached to an aromatic ring is 1. The smallest absolute Gasteiger partial charge is 0.294 e. The minimum atomic E-state index is -0.835. The van der Waals surface area contributed by atoms with Crippen molar-refractivity contribution in [3.8, 4) is 0 Å². The van der Waals surface area contributed by atoms with Crippen LogP contribution in [0, 0.1) is 15.9 Å². The van der Waals surface area contributed by atoms with Crippen LogP contribution in [0.3, 0.4) is 0 Å². The second-order valence-corrected chi connectivity index (χ2v) is 6.33. The molecule has 7 heteroatoms. The minimum Gasteiger partial charge on any atom is -0.393 e. The van der Waals surface area contributed by atoms with Crippen LogP contribution in [0.1, 0.15) is 25.0 Å². The number of hydrogen-bond donors (Lipinski definition) is 1. The Hall–Kier alpha value is -2.96. The standard InChI is InChI=1S/C17H16FN3O3/c1-17(2)12-7-13(19)15(21(23)24)8-14(12)20(16(17)22)9-10-3-5-11(18)6-4-10/h3-8H,9,19H2,1-2H3. The highest BCUT2D eigenvalue weighted by Crippen LogP contribution is 2.45. The Labute approximate surface area is 137 Å². The van der Waals surface area contributed by atoms with Crippen LogP contribution in [0.15, 0.2) is 36.4 Å². The van der Waals surface area contributed by atoms with E-state index in [2.05, 4.69) is 0 Å². The van der Waals surface area contributed by atoms with Gasteiger partial charge in [-0.2, -0.15) is 0 Å². The van der Waals surface area contributed by atoms with Crippen molar-refractivity contribution in [1.29, 1.82) is 0 Å². The lowest BCUT2D eigenvalue weighted by molar-refractivity contribution is -0.383. The summed E-state index contributed by atoms with van der Waals surface area (Å²) in [4.78, 5) is 24.8. The van der Waals surface area contributed by atoms with Crippen molar-refractivity contribution >= 4 is 23.0 Å². The van der Waals surface area contributed by atoms with Gasteiger partial charge in [0.15, 0.2) is 0 Å². The lowest BCUT2D eigenvalue weighted by atomic mass is 9.86. The van der Waals surface area contributed by atoms with Crippen LogP contribution < -0.4 is 10.6 Å². The molecule has 0 radical (unpaired) electrons. The molecule has 3 rings (SSSR count). The molecule has 6 nitrogen and oxygen atoms in total. The quantitative estimate of drug-likeness (QED) is 0.532. The van der Waals surface area contributed by atoms with Crippen LogP contribution in [0.2, 0.25) is 0 Å². The first kappa shape index (κ1) is 15.9. The molecule has 1 amide bonds. The van der Waals surface area contributed by atoms with Crippen molar-refractivity contribution in [3.63, 3.8) is 0 Å². The number of nitro benzene ring substituents is 1. The zero-order valence-corrected chi connectivity index (χ0v) is 13.2. The molecule has 124 valence electrons. The summed E-state index contributed by atoms with van der Waals surface area (Å²) >= 11 is 0. The van der Waals surface area contributed by atoms with Gasteiger partial charge in [-0.1, -0.05) is 12.1 Å². The van der Waals surface area contributed by atoms with Gasteiger partial charge in [-0.15, -0.1) is 0 Å². The second-order valence-electron chi connectivity index (χ2n) is 6.33. The van der Waals surface area contributed by atoms with Crippen molar-refractivity contribution in [2.75, 3.05) is 10.6 Å². The van der Waals surface area contributed by atoms with E-state index in [4.69, 9.17) is 5.73 Å². The van der Waals surface area contributed by atoms with Gasteiger partial charge < -0.3 is 10.6 Å². The second kappa shape index (κ2) is 5.30. The molecule has 2 N–H and O–H groups in total. The Morgan fingerprint density at radius 1 is 1.25 bits per heavy atom. The highest BCUT2D eigenvalue weighted by atomic mass is 19.1. The molecule has 0 saturated heterocycles. The highest BCUT2D eigenvalue weighted by molar-refractivity contribution is 6.08. The Balaban J connectivity index is 2.09. The van der Waals surface area contributed by atoms with Crippen molar-refractivity contribution < 1.29 is 14.1 Å². The van der Waals surface area contributed by atoms with E-state index in [1.807, 2.05) is 0 Å². The number of carbonyl (C=O) groups excluding carboxylic acids is 1. The molecule has 0 atom stereocenters. The van der Waals surface area contributed by atoms with Crippen LogP contribution in [-0.4, -0.2) is 10.8 Å². The number of fused-ring (bicyclic) bond motifs is 1. The van der Waals surface area contributed by atoms with Gasteiger partial charge in [-0.3, -0.25) is 14.9 Å². The van der Waals surface area contributed by atoms with Crippen molar-refractivity contribution in [1.82, 2.24) is 0 Å². The number of rotatable bonds is 3. The third-order valence-electron chi connectivity index (χ3n) is 4.34. The summed E-state index contributed by atoms with van der Waals surface area (Å²) in [5, 5.41) is 11.1. The summed E-state index contributed by atoms with van der Waals surface area (Å²) < 4.78 is 13.1. The number of nitrogens with zero attached hydrogens (tertiary/aromatic N) is 2. The molecule has 2 aromatic carbocycles. The van der Waals surface area contributed by atoms with E-state index >= 15 is 0 Å². The van der Waals surface area contributed by atoms with Crippen LogP contribution in [-0.2, 0) is 16.8 Å². The molecular formula is C17H16FN3O3. The molecule has 0 unspecified atom stereocenters. The van der Waals surface area contributed by atoms with Crippen molar-refractivity contribution in [3.05, 3.63) is 63.5 Å². The summed E-state index contributed by atoms with van der Waals surface area (Å²) in [5.74, 6) is -0.544. The van der Waals surface area contributed by atoms with Gasteiger partial charge in [0.2, 0.25) is 5.91 Å². The van der Waals surface area contributed by atoms with E-state index in [9.17, 15) is 19.3 Å². The molecule has 0 saturated carbocycles. The molecule has 2 aromatic rings. The number of anilines is 2. The summed E-state index contributed by atoms with van der Waals surface area (Å²) in [6.07, 6.45) is 0. The zero-order valence-electron chi connectivity index (χ0n) is 13.2. The van der Waals surface area contributed by atoms with E-state index in [-0.39, 0.29) is 29.6 Å². The first-order chi connectivity index (χ1) is 11.2. The lowest BCUT2D eigenvalue weighted by Gasteiger charge is -2.20. The van der Waals surface area contributed by atoms with E-state index in [0.717, 1.165) is 5.56 Å². The molecule has 0 aromatic heterocycles. The molecule has 1 aliphatic heterocycles. The maximum Gasteiger partial charge on any atom is 0.294 e. The predicted molar refractivity (Wildman–Crippen MR) is 88.1 cm³/mol. The number of benzene rings is 2. The monoisotopic (exact) mass is 329 g/mol. The van der Waals surface area contributed by atoms with Crippen molar-refractivity contribution in [2.45, 2.75) is 25.8 Å². The fraction of sp³-hybridized carbons (Fsp3) is 0.235. The Bertz CT molecular complexity index is 847. The molecule has 0 fully saturated rings. The molecule has 0 bridgehead atoms. The lowest BCUT2D eigenvalue weighted by Crippen LogP contribution is -2.35. The Morgan fingerprint density at radius 2 is 1.88 bits per heavy atom. The number of nitrogens with two attached hydrogens (primary N) is 1. The van der Waals surface area contributed by atoms with Crippen LogP contribution in [0.25, 0.3) is 0 Å². The topological polar surface area (TPSA) is 89.5 Å². The number of hydrogen-bond acceptors (Lipinski definition) is 4. The number of nitro groups is 1. The summed E-state index contributed by atoms with van der Waals surface area (Å²) in [5.41, 5.74) is 6.57. The SMILES string of the molecule is CC1(C)C(=O)N(Cc2ccc(F)cc2)c2cc([N+](=O)[O-])c(N)cc21. The van der Waals surface area contributed by atoms with E-state index in [1.165, 1.54) is 29.2 Å². The molecular weight excluding hydrogens is 313 g/mol. The fourth-order valence-corrected chi connectivity index (χ4v) is 2.97. The average molecular weight is 329 g/mol. The number of halogens is 1. The van der Waals surface area contributed by atoms with Gasteiger partial charge in [0.1, 0.15) is 11.5 Å². The number of carbonyl (C=O) groups is 1. The maximum atomic E-state index is 13.1. The average Bonchev–Trinajstić information content (AvgIpc) is 2.69. The van der Waals surface area contributed by atoms with E-state index in [1.54, 1.807) is 26.0 Å². The van der Waals surface area contributed by atoms with Crippen LogP contribution in [0.5, 0.6) is 0 Å². The fourth-order valence-electron chi connectivity index (χ4n) is 2.97. The van der Waals surface area contributed by atoms with Gasteiger partial charge in [-0.05, 0) is 43.2 Å². The highest BCUT2D eigenvalue weighted by Gasteiger charge is 2.45. The Morgan fingerprint density at radius 3 is 2.46 bits per heavy atom. The van der Waals surface area contributed by atoms with Gasteiger partial charge >= 0.3 is 0 Å². The third kappa shape index (κ3) is 2.38. The third-order valence-corrected chi connectivity index (χ3v) is 4.34. The van der Waals surface area contributed by atoms with E-state index in [0.29, 0.717) is 11.3 Å². The van der Waals surface area contributed by atoms with Gasteiger partial charge in [-0.25, -0.2) is 4.39 Å². The van der Waals surface area contributed by atoms with Gasteiger partial charge in [0.25, 0.3) is 5.69 Å². The molecule has 24 heavy (non-hydrogen) atoms. The first-order valence-electron chi connectivity index (χ1n) is 7.36. The van der Waals surface area contributed by atoms with Gasteiger partial charge in [0.05, 0.1) is 22.6 Å². The normalized spacial score (nSPS) is 15.5. The molecule has 0 spiro atoms. The van der Waals surface area contributed by atoms with Crippen molar-refractivity contribution in [2.24, 2.45) is 0 Å². The first-order valence-corrected chi connectivity index (χ1v) is 7.36. The Kier molecular flexibility index (Phi) is 3.51. The maximum absolute atomic E-state index is 13.1. The molecule has 0 aliphatic carbocycles. The van der Waals surface area contributed by atoms with E-state index < -0.39 is 10.3 Å². The summed E-state index contributed by atoms with van der Waals surface area (Å²) in [7, 11) is 0. The summed E-state index contributed by atoms with van der Waals surface area (Å²) in [6.45, 7) is 3.71. The van der Waals surface area contributed by atoms with Crippen LogP contribution >= 0.6 is 0 Å². The van der Waals surface area contributed by atoms with Gasteiger partial charge in [0, 0.05) is 6.07 Å². The number of amides is 1. The minimum absolute atomic E-state index is 0.0308. The van der Waals surface area contributed by atoms with Crippen LogP contribution in [0.4, 0.5) is 21.5 Å². The molecule has 1 aliphatic rings. The summed E-state index contributed by atoms with van der Waals surface area (Å²) in [6, 6.07) is 8.62.